The first kappa shape index (κ1) is 8.72. The molecule has 0 amide bonds. The minimum absolute atomic E-state index is 0.439. The standard InChI is InChI=1S/C9H15N3O/c10-4-8-6-13-9(12-8)7-2-1-3-11-5-7/h6-7,11H,1-5,10H2. The van der Waals surface area contributed by atoms with Gasteiger partial charge in [0.25, 0.3) is 0 Å². The number of nitrogens with zero attached hydrogens (tertiary/aromatic N) is 1. The summed E-state index contributed by atoms with van der Waals surface area (Å²) in [5.74, 6) is 1.28. The second-order valence-corrected chi connectivity index (χ2v) is 3.42. The third-order valence-electron chi connectivity index (χ3n) is 2.42. The second-order valence-electron chi connectivity index (χ2n) is 3.42. The van der Waals surface area contributed by atoms with Crippen molar-refractivity contribution in [3.05, 3.63) is 17.8 Å². The van der Waals surface area contributed by atoms with Crippen LogP contribution < -0.4 is 11.1 Å². The van der Waals surface area contributed by atoms with Crippen molar-refractivity contribution in [1.82, 2.24) is 10.3 Å². The van der Waals surface area contributed by atoms with E-state index in [9.17, 15) is 0 Å². The van der Waals surface area contributed by atoms with Crippen LogP contribution in [0.4, 0.5) is 0 Å². The molecule has 4 heteroatoms. The number of rotatable bonds is 2. The van der Waals surface area contributed by atoms with E-state index in [0.717, 1.165) is 31.1 Å². The number of hydrogen-bond donors (Lipinski definition) is 2. The van der Waals surface area contributed by atoms with Gasteiger partial charge in [-0.1, -0.05) is 0 Å². The molecule has 1 aromatic rings. The van der Waals surface area contributed by atoms with Gasteiger partial charge >= 0.3 is 0 Å². The summed E-state index contributed by atoms with van der Waals surface area (Å²) in [6, 6.07) is 0. The van der Waals surface area contributed by atoms with Crippen molar-refractivity contribution < 1.29 is 4.42 Å². The first-order chi connectivity index (χ1) is 6.40. The van der Waals surface area contributed by atoms with E-state index in [1.807, 2.05) is 0 Å². The summed E-state index contributed by atoms with van der Waals surface area (Å²) in [5, 5.41) is 3.33. The first-order valence-corrected chi connectivity index (χ1v) is 4.75. The Bertz CT molecular complexity index is 266. The molecule has 2 heterocycles. The van der Waals surface area contributed by atoms with Gasteiger partial charge in [-0.15, -0.1) is 0 Å². The van der Waals surface area contributed by atoms with E-state index >= 15 is 0 Å². The Morgan fingerprint density at radius 1 is 1.69 bits per heavy atom. The van der Waals surface area contributed by atoms with Gasteiger partial charge in [-0.2, -0.15) is 0 Å². The summed E-state index contributed by atoms with van der Waals surface area (Å²) in [7, 11) is 0. The fourth-order valence-electron chi connectivity index (χ4n) is 1.67. The van der Waals surface area contributed by atoms with Crippen LogP contribution in [0.3, 0.4) is 0 Å². The van der Waals surface area contributed by atoms with Crippen LogP contribution >= 0.6 is 0 Å². The van der Waals surface area contributed by atoms with Crippen molar-refractivity contribution in [2.45, 2.75) is 25.3 Å². The summed E-state index contributed by atoms with van der Waals surface area (Å²) in [6.45, 7) is 2.55. The third-order valence-corrected chi connectivity index (χ3v) is 2.42. The molecule has 1 atom stereocenters. The zero-order valence-corrected chi connectivity index (χ0v) is 7.62. The van der Waals surface area contributed by atoms with E-state index in [2.05, 4.69) is 10.3 Å². The molecule has 1 unspecified atom stereocenters. The van der Waals surface area contributed by atoms with Gasteiger partial charge in [0.1, 0.15) is 6.26 Å². The van der Waals surface area contributed by atoms with Crippen molar-refractivity contribution in [2.75, 3.05) is 13.1 Å². The van der Waals surface area contributed by atoms with Crippen molar-refractivity contribution >= 4 is 0 Å². The summed E-state index contributed by atoms with van der Waals surface area (Å²) in [6.07, 6.45) is 4.02. The number of oxazole rings is 1. The SMILES string of the molecule is NCc1coc(C2CCCNC2)n1. The van der Waals surface area contributed by atoms with Gasteiger partial charge in [0, 0.05) is 19.0 Å². The van der Waals surface area contributed by atoms with Crippen LogP contribution in [-0.2, 0) is 6.54 Å². The normalized spacial score (nSPS) is 23.3. The summed E-state index contributed by atoms with van der Waals surface area (Å²) >= 11 is 0. The molecule has 4 nitrogen and oxygen atoms in total. The van der Waals surface area contributed by atoms with Gasteiger partial charge in [0.2, 0.25) is 0 Å². The number of nitrogens with one attached hydrogen (secondary N) is 1. The first-order valence-electron chi connectivity index (χ1n) is 4.75. The van der Waals surface area contributed by atoms with Crippen LogP contribution in [0, 0.1) is 0 Å². The minimum Gasteiger partial charge on any atom is -0.448 e. The van der Waals surface area contributed by atoms with Gasteiger partial charge in [-0.3, -0.25) is 0 Å². The topological polar surface area (TPSA) is 64.1 Å². The van der Waals surface area contributed by atoms with Crippen molar-refractivity contribution in [3.63, 3.8) is 0 Å². The molecule has 1 fully saturated rings. The maximum Gasteiger partial charge on any atom is 0.198 e. The highest BCUT2D eigenvalue weighted by atomic mass is 16.3. The lowest BCUT2D eigenvalue weighted by atomic mass is 10.00. The van der Waals surface area contributed by atoms with Crippen LogP contribution in [-0.4, -0.2) is 18.1 Å². The van der Waals surface area contributed by atoms with Crippen LogP contribution in [0.5, 0.6) is 0 Å². The van der Waals surface area contributed by atoms with Crippen molar-refractivity contribution in [2.24, 2.45) is 5.73 Å². The maximum absolute atomic E-state index is 5.45. The monoisotopic (exact) mass is 181 g/mol. The maximum atomic E-state index is 5.45. The molecule has 0 aromatic carbocycles. The zero-order valence-electron chi connectivity index (χ0n) is 7.62. The predicted octanol–water partition coefficient (Wildman–Crippen LogP) is 0.600. The number of piperidine rings is 1. The van der Waals surface area contributed by atoms with E-state index in [0.29, 0.717) is 12.5 Å². The molecule has 1 aliphatic heterocycles. The van der Waals surface area contributed by atoms with Crippen LogP contribution in [0.25, 0.3) is 0 Å². The number of aromatic nitrogens is 1. The van der Waals surface area contributed by atoms with E-state index in [-0.39, 0.29) is 0 Å². The van der Waals surface area contributed by atoms with E-state index in [1.54, 1.807) is 6.26 Å². The largest absolute Gasteiger partial charge is 0.448 e. The van der Waals surface area contributed by atoms with Crippen molar-refractivity contribution in [3.8, 4) is 0 Å². The Labute approximate surface area is 77.5 Å². The van der Waals surface area contributed by atoms with E-state index in [1.165, 1.54) is 6.42 Å². The minimum atomic E-state index is 0.439. The van der Waals surface area contributed by atoms with Gasteiger partial charge in [0.05, 0.1) is 5.69 Å². The predicted molar refractivity (Wildman–Crippen MR) is 49.2 cm³/mol. The van der Waals surface area contributed by atoms with Crippen LogP contribution in [0.2, 0.25) is 0 Å². The smallest absolute Gasteiger partial charge is 0.198 e. The van der Waals surface area contributed by atoms with E-state index in [4.69, 9.17) is 10.2 Å². The highest BCUT2D eigenvalue weighted by Gasteiger charge is 2.19. The molecule has 1 aliphatic rings. The van der Waals surface area contributed by atoms with E-state index < -0.39 is 0 Å². The molecule has 0 spiro atoms. The molecular weight excluding hydrogens is 166 g/mol. The Balaban J connectivity index is 2.05. The second kappa shape index (κ2) is 3.89. The molecule has 0 radical (unpaired) electrons. The Morgan fingerprint density at radius 2 is 2.62 bits per heavy atom. The lowest BCUT2D eigenvalue weighted by Gasteiger charge is -2.19. The summed E-state index contributed by atoms with van der Waals surface area (Å²) in [5.41, 5.74) is 6.30. The van der Waals surface area contributed by atoms with Gasteiger partial charge in [-0.25, -0.2) is 4.98 Å². The Hall–Kier alpha value is -0.870. The zero-order chi connectivity index (χ0) is 9.10. The van der Waals surface area contributed by atoms with Crippen molar-refractivity contribution in [1.29, 1.82) is 0 Å². The molecule has 2 rings (SSSR count). The fraction of sp³-hybridized carbons (Fsp3) is 0.667. The molecule has 13 heavy (non-hydrogen) atoms. The lowest BCUT2D eigenvalue weighted by Crippen LogP contribution is -2.28. The molecule has 0 aliphatic carbocycles. The lowest BCUT2D eigenvalue weighted by molar-refractivity contribution is 0.376. The Morgan fingerprint density at radius 3 is 3.23 bits per heavy atom. The Kier molecular flexibility index (Phi) is 2.61. The van der Waals surface area contributed by atoms with Gasteiger partial charge in [0.15, 0.2) is 5.89 Å². The fourth-order valence-corrected chi connectivity index (χ4v) is 1.67. The highest BCUT2D eigenvalue weighted by molar-refractivity contribution is 5.01. The third kappa shape index (κ3) is 1.89. The highest BCUT2D eigenvalue weighted by Crippen LogP contribution is 2.22. The summed E-state index contributed by atoms with van der Waals surface area (Å²) < 4.78 is 5.36. The molecule has 72 valence electrons. The molecule has 3 N–H and O–H groups in total. The summed E-state index contributed by atoms with van der Waals surface area (Å²) in [4.78, 5) is 4.32. The molecule has 0 bridgehead atoms. The molecule has 0 saturated carbocycles. The average molecular weight is 181 g/mol. The average Bonchev–Trinajstić information content (AvgIpc) is 2.67. The molecule has 1 saturated heterocycles. The quantitative estimate of drug-likeness (QED) is 0.701. The van der Waals surface area contributed by atoms with Gasteiger partial charge in [-0.05, 0) is 19.4 Å². The van der Waals surface area contributed by atoms with Crippen LogP contribution in [0.15, 0.2) is 10.7 Å². The van der Waals surface area contributed by atoms with Gasteiger partial charge < -0.3 is 15.5 Å². The number of nitrogens with two attached hydrogens (primary N) is 1. The molecule has 1 aromatic heterocycles. The number of hydrogen-bond acceptors (Lipinski definition) is 4. The molecular formula is C9H15N3O. The van der Waals surface area contributed by atoms with Crippen LogP contribution in [0.1, 0.15) is 30.3 Å².